The zero-order chi connectivity index (χ0) is 9.84. The predicted octanol–water partition coefficient (Wildman–Crippen LogP) is 2.72. The predicted molar refractivity (Wildman–Crippen MR) is 52.1 cm³/mol. The molecule has 0 atom stereocenters. The summed E-state index contributed by atoms with van der Waals surface area (Å²) in [7, 11) is 1.60. The molecule has 0 aromatic heterocycles. The van der Waals surface area contributed by atoms with Crippen LogP contribution in [0.5, 0.6) is 5.75 Å². The van der Waals surface area contributed by atoms with Crippen molar-refractivity contribution >= 4 is 11.6 Å². The Balaban J connectivity index is 3.16. The number of hydrogen-bond donors (Lipinski definition) is 0. The van der Waals surface area contributed by atoms with E-state index in [1.165, 1.54) is 0 Å². The van der Waals surface area contributed by atoms with Crippen LogP contribution < -0.4 is 4.74 Å². The first-order valence-corrected chi connectivity index (χ1v) is 4.26. The lowest BCUT2D eigenvalue weighted by Gasteiger charge is -2.07. The van der Waals surface area contributed by atoms with E-state index in [1.807, 2.05) is 13.0 Å². The number of nitrogens with zero attached hydrogens (tertiary/aromatic N) is 1. The molecule has 1 rings (SSSR count). The summed E-state index contributed by atoms with van der Waals surface area (Å²) in [5, 5.41) is 9.15. The van der Waals surface area contributed by atoms with Gasteiger partial charge in [0.05, 0.1) is 19.6 Å². The molecule has 68 valence electrons. The molecule has 0 heterocycles. The largest absolute Gasteiger partial charge is 0.496 e. The van der Waals surface area contributed by atoms with Gasteiger partial charge in [-0.25, -0.2) is 0 Å². The Hall–Kier alpha value is -1.20. The molecule has 1 aromatic carbocycles. The molecule has 0 radical (unpaired) electrons. The van der Waals surface area contributed by atoms with Crippen molar-refractivity contribution in [2.45, 2.75) is 13.3 Å². The minimum Gasteiger partial charge on any atom is -0.496 e. The van der Waals surface area contributed by atoms with E-state index in [-0.39, 0.29) is 0 Å². The number of aryl methyl sites for hydroxylation is 1. The maximum Gasteiger partial charge on any atom is 0.122 e. The molecule has 0 aliphatic rings. The molecule has 0 saturated heterocycles. The van der Waals surface area contributed by atoms with Crippen molar-refractivity contribution in [3.8, 4) is 11.8 Å². The molecule has 0 bridgehead atoms. The molecule has 0 amide bonds. The molecule has 0 aliphatic carbocycles. The number of ether oxygens (including phenoxy) is 1. The van der Waals surface area contributed by atoms with E-state index in [0.717, 1.165) is 16.9 Å². The minimum absolute atomic E-state index is 0.315. The van der Waals surface area contributed by atoms with Crippen LogP contribution in [0.3, 0.4) is 0 Å². The fourth-order valence-electron chi connectivity index (χ4n) is 1.14. The number of methoxy groups -OCH3 is 1. The van der Waals surface area contributed by atoms with Crippen LogP contribution in [-0.2, 0) is 6.42 Å². The third-order valence-corrected chi connectivity index (χ3v) is 2.19. The van der Waals surface area contributed by atoms with E-state index in [9.17, 15) is 0 Å². The van der Waals surface area contributed by atoms with E-state index < -0.39 is 0 Å². The fourth-order valence-corrected chi connectivity index (χ4v) is 1.42. The van der Waals surface area contributed by atoms with Crippen molar-refractivity contribution < 1.29 is 4.74 Å². The highest BCUT2D eigenvalue weighted by molar-refractivity contribution is 6.31. The highest BCUT2D eigenvalue weighted by Crippen LogP contribution is 2.26. The van der Waals surface area contributed by atoms with Crippen LogP contribution in [0, 0.1) is 18.3 Å². The summed E-state index contributed by atoms with van der Waals surface area (Å²) in [6.07, 6.45) is 0.315. The lowest BCUT2D eigenvalue weighted by atomic mass is 10.1. The van der Waals surface area contributed by atoms with Crippen molar-refractivity contribution in [3.63, 3.8) is 0 Å². The van der Waals surface area contributed by atoms with Crippen LogP contribution in [0.15, 0.2) is 12.1 Å². The number of nitriles is 1. The average molecular weight is 196 g/mol. The van der Waals surface area contributed by atoms with Crippen LogP contribution in [0.4, 0.5) is 0 Å². The molecule has 0 N–H and O–H groups in total. The van der Waals surface area contributed by atoms with E-state index in [1.54, 1.807) is 13.2 Å². The summed E-state index contributed by atoms with van der Waals surface area (Å²) in [6, 6.07) is 5.67. The summed E-state index contributed by atoms with van der Waals surface area (Å²) in [4.78, 5) is 0. The van der Waals surface area contributed by atoms with Gasteiger partial charge in [-0.15, -0.1) is 0 Å². The first kappa shape index (κ1) is 9.88. The fraction of sp³-hybridized carbons (Fsp3) is 0.300. The van der Waals surface area contributed by atoms with Crippen molar-refractivity contribution in [1.29, 1.82) is 5.26 Å². The summed E-state index contributed by atoms with van der Waals surface area (Å²) >= 11 is 5.93. The van der Waals surface area contributed by atoms with E-state index in [0.29, 0.717) is 11.4 Å². The van der Waals surface area contributed by atoms with Gasteiger partial charge in [0.15, 0.2) is 0 Å². The molecule has 3 heteroatoms. The smallest absolute Gasteiger partial charge is 0.122 e. The maximum atomic E-state index is 8.53. The van der Waals surface area contributed by atoms with Gasteiger partial charge in [0.1, 0.15) is 5.75 Å². The van der Waals surface area contributed by atoms with Gasteiger partial charge in [-0.1, -0.05) is 11.6 Å². The van der Waals surface area contributed by atoms with Gasteiger partial charge in [0, 0.05) is 5.02 Å². The second-order valence-corrected chi connectivity index (χ2v) is 3.16. The van der Waals surface area contributed by atoms with Crippen molar-refractivity contribution in [2.75, 3.05) is 7.11 Å². The first-order chi connectivity index (χ1) is 6.19. The number of halogens is 1. The summed E-state index contributed by atoms with van der Waals surface area (Å²) in [5.74, 6) is 0.773. The van der Waals surface area contributed by atoms with Gasteiger partial charge in [-0.05, 0) is 30.2 Å². The maximum absolute atomic E-state index is 8.53. The Morgan fingerprint density at radius 3 is 2.77 bits per heavy atom. The first-order valence-electron chi connectivity index (χ1n) is 3.89. The summed E-state index contributed by atoms with van der Waals surface area (Å²) in [5.41, 5.74) is 1.79. The Labute approximate surface area is 82.7 Å². The highest BCUT2D eigenvalue weighted by Gasteiger charge is 2.05. The molecular formula is C10H10ClNO. The number of rotatable bonds is 2. The van der Waals surface area contributed by atoms with Crippen LogP contribution in [0.2, 0.25) is 5.02 Å². The van der Waals surface area contributed by atoms with Gasteiger partial charge in [-0.2, -0.15) is 5.26 Å². The SMILES string of the molecule is COc1cc(CC#N)c(Cl)cc1C. The average Bonchev–Trinajstić information content (AvgIpc) is 2.10. The van der Waals surface area contributed by atoms with Crippen LogP contribution in [0.25, 0.3) is 0 Å². The standard InChI is InChI=1S/C10H10ClNO/c1-7-5-9(11)8(3-4-12)6-10(7)13-2/h5-6H,3H2,1-2H3. The zero-order valence-corrected chi connectivity index (χ0v) is 8.35. The monoisotopic (exact) mass is 195 g/mol. The third kappa shape index (κ3) is 2.13. The molecule has 0 spiro atoms. The molecule has 0 fully saturated rings. The molecule has 0 unspecified atom stereocenters. The van der Waals surface area contributed by atoms with Crippen molar-refractivity contribution in [3.05, 3.63) is 28.3 Å². The van der Waals surface area contributed by atoms with Gasteiger partial charge in [0.25, 0.3) is 0 Å². The van der Waals surface area contributed by atoms with Gasteiger partial charge >= 0.3 is 0 Å². The number of hydrogen-bond acceptors (Lipinski definition) is 2. The van der Waals surface area contributed by atoms with Crippen molar-refractivity contribution in [1.82, 2.24) is 0 Å². The van der Waals surface area contributed by atoms with E-state index in [2.05, 4.69) is 6.07 Å². The molecular weight excluding hydrogens is 186 g/mol. The molecule has 0 saturated carbocycles. The topological polar surface area (TPSA) is 33.0 Å². The quantitative estimate of drug-likeness (QED) is 0.727. The summed E-state index contributed by atoms with van der Waals surface area (Å²) < 4.78 is 5.12. The molecule has 1 aromatic rings. The van der Waals surface area contributed by atoms with Crippen LogP contribution in [0.1, 0.15) is 11.1 Å². The van der Waals surface area contributed by atoms with Gasteiger partial charge < -0.3 is 4.74 Å². The highest BCUT2D eigenvalue weighted by atomic mass is 35.5. The Kier molecular flexibility index (Phi) is 3.16. The van der Waals surface area contributed by atoms with E-state index in [4.69, 9.17) is 21.6 Å². The van der Waals surface area contributed by atoms with Crippen LogP contribution >= 0.6 is 11.6 Å². The second kappa shape index (κ2) is 4.15. The molecule has 2 nitrogen and oxygen atoms in total. The lowest BCUT2D eigenvalue weighted by Crippen LogP contribution is -1.91. The van der Waals surface area contributed by atoms with Crippen LogP contribution in [-0.4, -0.2) is 7.11 Å². The number of benzene rings is 1. The minimum atomic E-state index is 0.315. The Bertz CT molecular complexity index is 355. The Morgan fingerprint density at radius 1 is 1.54 bits per heavy atom. The molecule has 13 heavy (non-hydrogen) atoms. The lowest BCUT2D eigenvalue weighted by molar-refractivity contribution is 0.411. The van der Waals surface area contributed by atoms with Gasteiger partial charge in [0.2, 0.25) is 0 Å². The molecule has 0 aliphatic heterocycles. The van der Waals surface area contributed by atoms with E-state index >= 15 is 0 Å². The third-order valence-electron chi connectivity index (χ3n) is 1.83. The second-order valence-electron chi connectivity index (χ2n) is 2.75. The van der Waals surface area contributed by atoms with Gasteiger partial charge in [-0.3, -0.25) is 0 Å². The Morgan fingerprint density at radius 2 is 2.23 bits per heavy atom. The zero-order valence-electron chi connectivity index (χ0n) is 7.60. The summed E-state index contributed by atoms with van der Waals surface area (Å²) in [6.45, 7) is 1.92. The normalized spacial score (nSPS) is 9.38. The van der Waals surface area contributed by atoms with Crippen molar-refractivity contribution in [2.24, 2.45) is 0 Å².